The highest BCUT2D eigenvalue weighted by molar-refractivity contribution is 6.01. The molecule has 1 nitrogen and oxygen atoms in total. The van der Waals surface area contributed by atoms with Gasteiger partial charge in [-0.1, -0.05) is 152 Å². The van der Waals surface area contributed by atoms with E-state index in [2.05, 4.69) is 193 Å². The van der Waals surface area contributed by atoms with Gasteiger partial charge in [0.15, 0.2) is 0 Å². The SMILES string of the molecule is c1ccc(-c2cc3ccccc3cc2-c2ccc(N(c3ccccc3-c3ccccc3)c3cccc4ccccc34)cc2)cc1. The molecule has 0 aromatic heterocycles. The van der Waals surface area contributed by atoms with Crippen LogP contribution in [0.5, 0.6) is 0 Å². The van der Waals surface area contributed by atoms with Crippen LogP contribution < -0.4 is 4.90 Å². The van der Waals surface area contributed by atoms with Crippen LogP contribution in [0.4, 0.5) is 17.1 Å². The van der Waals surface area contributed by atoms with E-state index in [1.165, 1.54) is 54.9 Å². The van der Waals surface area contributed by atoms with E-state index in [0.29, 0.717) is 0 Å². The number of para-hydroxylation sites is 1. The van der Waals surface area contributed by atoms with Gasteiger partial charge in [0.25, 0.3) is 0 Å². The molecule has 0 saturated heterocycles. The Kier molecular flexibility index (Phi) is 6.90. The van der Waals surface area contributed by atoms with Crippen molar-refractivity contribution in [1.82, 2.24) is 0 Å². The number of nitrogens with zero attached hydrogens (tertiary/aromatic N) is 1. The van der Waals surface area contributed by atoms with Crippen LogP contribution in [0.15, 0.2) is 188 Å². The van der Waals surface area contributed by atoms with E-state index < -0.39 is 0 Å². The predicted molar refractivity (Wildman–Crippen MR) is 192 cm³/mol. The Balaban J connectivity index is 1.32. The van der Waals surface area contributed by atoms with Crippen LogP contribution in [0.2, 0.25) is 0 Å². The molecule has 0 aliphatic rings. The molecule has 0 amide bonds. The van der Waals surface area contributed by atoms with Crippen LogP contribution >= 0.6 is 0 Å². The molecule has 0 unspecified atom stereocenters. The van der Waals surface area contributed by atoms with Crippen molar-refractivity contribution < 1.29 is 0 Å². The lowest BCUT2D eigenvalue weighted by atomic mass is 9.91. The van der Waals surface area contributed by atoms with Crippen molar-refractivity contribution in [2.45, 2.75) is 0 Å². The third-order valence-corrected chi connectivity index (χ3v) is 8.64. The zero-order valence-corrected chi connectivity index (χ0v) is 24.8. The van der Waals surface area contributed by atoms with Crippen LogP contribution in [-0.4, -0.2) is 0 Å². The maximum absolute atomic E-state index is 2.41. The van der Waals surface area contributed by atoms with Gasteiger partial charge in [0.2, 0.25) is 0 Å². The van der Waals surface area contributed by atoms with Crippen LogP contribution in [0, 0.1) is 0 Å². The second kappa shape index (κ2) is 11.6. The summed E-state index contributed by atoms with van der Waals surface area (Å²) in [5.74, 6) is 0. The van der Waals surface area contributed by atoms with Gasteiger partial charge in [-0.25, -0.2) is 0 Å². The van der Waals surface area contributed by atoms with Crippen LogP contribution in [-0.2, 0) is 0 Å². The molecule has 0 spiro atoms. The molecule has 0 fully saturated rings. The summed E-state index contributed by atoms with van der Waals surface area (Å²) in [4.78, 5) is 2.41. The van der Waals surface area contributed by atoms with Crippen molar-refractivity contribution in [1.29, 1.82) is 0 Å². The van der Waals surface area contributed by atoms with Gasteiger partial charge in [-0.2, -0.15) is 0 Å². The molecular formula is C44H31N. The van der Waals surface area contributed by atoms with E-state index >= 15 is 0 Å². The van der Waals surface area contributed by atoms with E-state index in [4.69, 9.17) is 0 Å². The average molecular weight is 574 g/mol. The van der Waals surface area contributed by atoms with Gasteiger partial charge in [-0.15, -0.1) is 0 Å². The first-order chi connectivity index (χ1) is 22.3. The fourth-order valence-corrected chi connectivity index (χ4v) is 6.47. The van der Waals surface area contributed by atoms with Gasteiger partial charge in [-0.3, -0.25) is 0 Å². The summed E-state index contributed by atoms with van der Waals surface area (Å²) in [5.41, 5.74) is 10.7. The zero-order chi connectivity index (χ0) is 30.0. The van der Waals surface area contributed by atoms with E-state index in [1.54, 1.807) is 0 Å². The van der Waals surface area contributed by atoms with Gasteiger partial charge >= 0.3 is 0 Å². The molecule has 0 radical (unpaired) electrons. The number of benzene rings is 8. The van der Waals surface area contributed by atoms with Gasteiger partial charge in [0, 0.05) is 16.6 Å². The fraction of sp³-hybridized carbons (Fsp3) is 0. The van der Waals surface area contributed by atoms with Gasteiger partial charge in [0.05, 0.1) is 11.4 Å². The molecule has 8 rings (SSSR count). The van der Waals surface area contributed by atoms with Crippen LogP contribution in [0.1, 0.15) is 0 Å². The second-order valence-corrected chi connectivity index (χ2v) is 11.4. The standard InChI is InChI=1S/C44H31N/c1-3-14-32(15-4-1)39-23-11-12-24-43(39)45(44-25-13-21-33-18-9-10-22-40(33)44)38-28-26-35(27-29-38)42-31-37-20-8-7-19-36(37)30-41(42)34-16-5-2-6-17-34/h1-31H. The second-order valence-electron chi connectivity index (χ2n) is 11.4. The third-order valence-electron chi connectivity index (χ3n) is 8.64. The maximum Gasteiger partial charge on any atom is 0.0540 e. The summed E-state index contributed by atoms with van der Waals surface area (Å²) in [7, 11) is 0. The normalized spacial score (nSPS) is 11.1. The largest absolute Gasteiger partial charge is 0.309 e. The lowest BCUT2D eigenvalue weighted by Crippen LogP contribution is -2.11. The summed E-state index contributed by atoms with van der Waals surface area (Å²) in [6, 6.07) is 67.7. The third kappa shape index (κ3) is 5.05. The Morgan fingerprint density at radius 1 is 0.289 bits per heavy atom. The Morgan fingerprint density at radius 3 is 1.42 bits per heavy atom. The average Bonchev–Trinajstić information content (AvgIpc) is 3.12. The Bertz CT molecular complexity index is 2250. The summed E-state index contributed by atoms with van der Waals surface area (Å²) < 4.78 is 0. The Hall–Kier alpha value is -5.92. The van der Waals surface area contributed by atoms with Crippen molar-refractivity contribution in [2.75, 3.05) is 4.90 Å². The molecule has 0 atom stereocenters. The number of hydrogen-bond acceptors (Lipinski definition) is 1. The van der Waals surface area contributed by atoms with Gasteiger partial charge < -0.3 is 4.90 Å². The van der Waals surface area contributed by atoms with Gasteiger partial charge in [-0.05, 0) is 80.4 Å². The monoisotopic (exact) mass is 573 g/mol. The minimum atomic E-state index is 1.11. The molecule has 1 heteroatoms. The van der Waals surface area contributed by atoms with E-state index in [9.17, 15) is 0 Å². The van der Waals surface area contributed by atoms with Crippen molar-refractivity contribution in [3.63, 3.8) is 0 Å². The Labute approximate surface area is 264 Å². The first-order valence-corrected chi connectivity index (χ1v) is 15.4. The molecule has 45 heavy (non-hydrogen) atoms. The molecule has 212 valence electrons. The summed E-state index contributed by atoms with van der Waals surface area (Å²) in [6.45, 7) is 0. The quantitative estimate of drug-likeness (QED) is 0.191. The molecule has 8 aromatic rings. The molecule has 8 aromatic carbocycles. The molecule has 0 aliphatic carbocycles. The summed E-state index contributed by atoms with van der Waals surface area (Å²) in [6.07, 6.45) is 0. The van der Waals surface area contributed by atoms with Crippen molar-refractivity contribution in [2.24, 2.45) is 0 Å². The summed E-state index contributed by atoms with van der Waals surface area (Å²) in [5, 5.41) is 4.92. The lowest BCUT2D eigenvalue weighted by molar-refractivity contribution is 1.30. The molecule has 0 N–H and O–H groups in total. The molecule has 0 saturated carbocycles. The van der Waals surface area contributed by atoms with E-state index in [1.807, 2.05) is 0 Å². The summed E-state index contributed by atoms with van der Waals surface area (Å²) >= 11 is 0. The number of hydrogen-bond donors (Lipinski definition) is 0. The van der Waals surface area contributed by atoms with Crippen LogP contribution in [0.25, 0.3) is 54.9 Å². The van der Waals surface area contributed by atoms with Gasteiger partial charge in [0.1, 0.15) is 0 Å². The molecule has 0 bridgehead atoms. The lowest BCUT2D eigenvalue weighted by Gasteiger charge is -2.29. The molecular weight excluding hydrogens is 542 g/mol. The first-order valence-electron chi connectivity index (χ1n) is 15.4. The number of rotatable bonds is 6. The van der Waals surface area contributed by atoms with Crippen molar-refractivity contribution in [3.8, 4) is 33.4 Å². The highest BCUT2D eigenvalue weighted by Crippen LogP contribution is 2.44. The highest BCUT2D eigenvalue weighted by atomic mass is 15.1. The molecule has 0 heterocycles. The number of anilines is 3. The maximum atomic E-state index is 2.41. The van der Waals surface area contributed by atoms with Crippen molar-refractivity contribution >= 4 is 38.6 Å². The minimum Gasteiger partial charge on any atom is -0.309 e. The van der Waals surface area contributed by atoms with Crippen LogP contribution in [0.3, 0.4) is 0 Å². The fourth-order valence-electron chi connectivity index (χ4n) is 6.47. The number of fused-ring (bicyclic) bond motifs is 2. The predicted octanol–water partition coefficient (Wildman–Crippen LogP) is 12.5. The van der Waals surface area contributed by atoms with E-state index in [-0.39, 0.29) is 0 Å². The van der Waals surface area contributed by atoms with Crippen molar-refractivity contribution in [3.05, 3.63) is 188 Å². The highest BCUT2D eigenvalue weighted by Gasteiger charge is 2.19. The van der Waals surface area contributed by atoms with E-state index in [0.717, 1.165) is 17.1 Å². The Morgan fingerprint density at radius 2 is 0.756 bits per heavy atom. The molecule has 0 aliphatic heterocycles. The topological polar surface area (TPSA) is 3.24 Å². The first kappa shape index (κ1) is 26.7. The zero-order valence-electron chi connectivity index (χ0n) is 24.8. The smallest absolute Gasteiger partial charge is 0.0540 e. The minimum absolute atomic E-state index is 1.11.